The molecular weight excluding hydrogens is 192 g/mol. The van der Waals surface area contributed by atoms with E-state index >= 15 is 0 Å². The highest BCUT2D eigenvalue weighted by atomic mass is 16.4. The van der Waals surface area contributed by atoms with Gasteiger partial charge in [0.1, 0.15) is 5.54 Å². The minimum Gasteiger partial charge on any atom is -0.480 e. The maximum Gasteiger partial charge on any atom is 0.323 e. The van der Waals surface area contributed by atoms with Crippen molar-refractivity contribution in [1.82, 2.24) is 4.90 Å². The van der Waals surface area contributed by atoms with E-state index in [9.17, 15) is 4.79 Å². The molecule has 4 heteroatoms. The molecule has 0 bridgehead atoms. The monoisotopic (exact) mass is 210 g/mol. The van der Waals surface area contributed by atoms with Gasteiger partial charge in [-0.1, -0.05) is 0 Å². The molecule has 84 valence electrons. The van der Waals surface area contributed by atoms with E-state index in [-0.39, 0.29) is 0 Å². The number of piperidine rings is 1. The zero-order valence-corrected chi connectivity index (χ0v) is 8.85. The molecule has 3 aliphatic rings. The van der Waals surface area contributed by atoms with Gasteiger partial charge in [0.2, 0.25) is 0 Å². The largest absolute Gasteiger partial charge is 0.480 e. The average molecular weight is 210 g/mol. The molecule has 0 aromatic heterocycles. The number of likely N-dealkylation sites (tertiary alicyclic amines) is 1. The lowest BCUT2D eigenvalue weighted by atomic mass is 9.99. The van der Waals surface area contributed by atoms with Crippen molar-refractivity contribution in [3.63, 3.8) is 0 Å². The van der Waals surface area contributed by atoms with Gasteiger partial charge in [-0.15, -0.1) is 0 Å². The summed E-state index contributed by atoms with van der Waals surface area (Å²) in [4.78, 5) is 13.5. The first kappa shape index (κ1) is 9.60. The lowest BCUT2D eigenvalue weighted by Crippen LogP contribution is -2.47. The molecule has 1 heterocycles. The molecule has 4 nitrogen and oxygen atoms in total. The number of aliphatic carboxylic acids is 1. The van der Waals surface area contributed by atoms with Gasteiger partial charge in [-0.25, -0.2) is 0 Å². The first-order chi connectivity index (χ1) is 7.08. The van der Waals surface area contributed by atoms with Crippen molar-refractivity contribution in [3.05, 3.63) is 0 Å². The maximum absolute atomic E-state index is 11.0. The Balaban J connectivity index is 1.63. The van der Waals surface area contributed by atoms with Crippen LogP contribution in [-0.2, 0) is 4.79 Å². The standard InChI is InChI=1S/C11H18N2O2/c12-11(10(14)15)2-1-9(4-11)13-5-7-3-8(7)6-13/h7-9H,1-6,12H2,(H,14,15). The highest BCUT2D eigenvalue weighted by Gasteiger charge is 2.50. The molecule has 2 aliphatic carbocycles. The number of carboxylic acids is 1. The van der Waals surface area contributed by atoms with Gasteiger partial charge >= 0.3 is 5.97 Å². The van der Waals surface area contributed by atoms with E-state index in [1.165, 1.54) is 19.5 Å². The third-order valence-corrected chi connectivity index (χ3v) is 4.47. The van der Waals surface area contributed by atoms with Crippen LogP contribution in [0.25, 0.3) is 0 Å². The van der Waals surface area contributed by atoms with Crippen LogP contribution in [0.15, 0.2) is 0 Å². The summed E-state index contributed by atoms with van der Waals surface area (Å²) in [6.07, 6.45) is 3.64. The van der Waals surface area contributed by atoms with Crippen molar-refractivity contribution >= 4 is 5.97 Å². The molecule has 2 saturated carbocycles. The summed E-state index contributed by atoms with van der Waals surface area (Å²) in [7, 11) is 0. The van der Waals surface area contributed by atoms with Crippen LogP contribution in [0.1, 0.15) is 25.7 Å². The highest BCUT2D eigenvalue weighted by molar-refractivity contribution is 5.79. The predicted octanol–water partition coefficient (Wildman–Crippen LogP) is 0.273. The molecule has 0 aromatic carbocycles. The Morgan fingerprint density at radius 1 is 1.40 bits per heavy atom. The second kappa shape index (κ2) is 2.95. The molecule has 3 N–H and O–H groups in total. The number of nitrogens with zero attached hydrogens (tertiary/aromatic N) is 1. The summed E-state index contributed by atoms with van der Waals surface area (Å²) < 4.78 is 0. The highest BCUT2D eigenvalue weighted by Crippen LogP contribution is 2.47. The van der Waals surface area contributed by atoms with Crippen molar-refractivity contribution in [2.75, 3.05) is 13.1 Å². The number of rotatable bonds is 2. The van der Waals surface area contributed by atoms with Gasteiger partial charge in [0.15, 0.2) is 0 Å². The van der Waals surface area contributed by atoms with Gasteiger partial charge in [-0.2, -0.15) is 0 Å². The molecule has 0 amide bonds. The minimum absolute atomic E-state index is 0.430. The number of carboxylic acid groups (broad SMARTS) is 1. The van der Waals surface area contributed by atoms with E-state index in [1.54, 1.807) is 0 Å². The number of hydrogen-bond acceptors (Lipinski definition) is 3. The fourth-order valence-corrected chi connectivity index (χ4v) is 3.29. The second-order valence-electron chi connectivity index (χ2n) is 5.57. The number of carbonyl (C=O) groups is 1. The Morgan fingerprint density at radius 3 is 2.60 bits per heavy atom. The molecule has 0 aromatic rings. The molecule has 0 spiro atoms. The van der Waals surface area contributed by atoms with E-state index in [4.69, 9.17) is 10.8 Å². The van der Waals surface area contributed by atoms with Gasteiger partial charge in [0.25, 0.3) is 0 Å². The number of hydrogen-bond donors (Lipinski definition) is 2. The van der Waals surface area contributed by atoms with Crippen LogP contribution in [0, 0.1) is 11.8 Å². The molecule has 1 saturated heterocycles. The summed E-state index contributed by atoms with van der Waals surface area (Å²) in [6.45, 7) is 2.37. The third-order valence-electron chi connectivity index (χ3n) is 4.47. The van der Waals surface area contributed by atoms with E-state index in [0.717, 1.165) is 18.3 Å². The van der Waals surface area contributed by atoms with Crippen LogP contribution in [0.2, 0.25) is 0 Å². The zero-order chi connectivity index (χ0) is 10.6. The summed E-state index contributed by atoms with van der Waals surface area (Å²) in [5.74, 6) is 1.01. The van der Waals surface area contributed by atoms with Crippen LogP contribution in [-0.4, -0.2) is 40.6 Å². The fourth-order valence-electron chi connectivity index (χ4n) is 3.29. The van der Waals surface area contributed by atoms with Crippen LogP contribution in [0.5, 0.6) is 0 Å². The lowest BCUT2D eigenvalue weighted by molar-refractivity contribution is -0.143. The van der Waals surface area contributed by atoms with E-state index in [2.05, 4.69) is 4.90 Å². The van der Waals surface area contributed by atoms with Crippen molar-refractivity contribution in [3.8, 4) is 0 Å². The van der Waals surface area contributed by atoms with Crippen molar-refractivity contribution in [2.45, 2.75) is 37.3 Å². The van der Waals surface area contributed by atoms with Gasteiger partial charge in [0, 0.05) is 19.1 Å². The Hall–Kier alpha value is -0.610. The average Bonchev–Trinajstić information content (AvgIpc) is 2.64. The van der Waals surface area contributed by atoms with Crippen molar-refractivity contribution in [2.24, 2.45) is 17.6 Å². The second-order valence-corrected chi connectivity index (χ2v) is 5.57. The Kier molecular flexibility index (Phi) is 1.89. The predicted molar refractivity (Wildman–Crippen MR) is 55.4 cm³/mol. The summed E-state index contributed by atoms with van der Waals surface area (Å²) in [5.41, 5.74) is 4.93. The molecule has 4 atom stereocenters. The maximum atomic E-state index is 11.0. The van der Waals surface area contributed by atoms with E-state index in [0.29, 0.717) is 18.9 Å². The molecular formula is C11H18N2O2. The molecule has 1 aliphatic heterocycles. The van der Waals surface area contributed by atoms with Crippen LogP contribution in [0.3, 0.4) is 0 Å². The summed E-state index contributed by atoms with van der Waals surface area (Å²) in [5, 5.41) is 9.05. The molecule has 0 radical (unpaired) electrons. The van der Waals surface area contributed by atoms with Crippen LogP contribution < -0.4 is 5.73 Å². The molecule has 3 rings (SSSR count). The molecule has 4 unspecified atom stereocenters. The Morgan fingerprint density at radius 2 is 2.07 bits per heavy atom. The first-order valence-electron chi connectivity index (χ1n) is 5.85. The molecule has 15 heavy (non-hydrogen) atoms. The third kappa shape index (κ3) is 1.47. The Labute approximate surface area is 89.4 Å². The Bertz CT molecular complexity index is 297. The van der Waals surface area contributed by atoms with E-state index in [1.807, 2.05) is 0 Å². The van der Waals surface area contributed by atoms with Gasteiger partial charge in [-0.05, 0) is 37.5 Å². The number of nitrogens with two attached hydrogens (primary N) is 1. The van der Waals surface area contributed by atoms with Gasteiger partial charge in [0.05, 0.1) is 0 Å². The summed E-state index contributed by atoms with van der Waals surface area (Å²) in [6, 6.07) is 0.430. The van der Waals surface area contributed by atoms with Crippen LogP contribution >= 0.6 is 0 Å². The molecule has 3 fully saturated rings. The van der Waals surface area contributed by atoms with E-state index < -0.39 is 11.5 Å². The smallest absolute Gasteiger partial charge is 0.323 e. The first-order valence-corrected chi connectivity index (χ1v) is 5.85. The van der Waals surface area contributed by atoms with Crippen molar-refractivity contribution in [1.29, 1.82) is 0 Å². The SMILES string of the molecule is NC1(C(=O)O)CCC(N2CC3CC3C2)C1. The summed E-state index contributed by atoms with van der Waals surface area (Å²) >= 11 is 0. The zero-order valence-electron chi connectivity index (χ0n) is 8.85. The lowest BCUT2D eigenvalue weighted by Gasteiger charge is -2.26. The minimum atomic E-state index is -0.947. The normalized spacial score (nSPS) is 49.3. The quantitative estimate of drug-likeness (QED) is 0.686. The van der Waals surface area contributed by atoms with Crippen LogP contribution in [0.4, 0.5) is 0 Å². The topological polar surface area (TPSA) is 66.6 Å². The van der Waals surface area contributed by atoms with Crippen molar-refractivity contribution < 1.29 is 9.90 Å². The van der Waals surface area contributed by atoms with Gasteiger partial charge in [-0.3, -0.25) is 9.69 Å². The number of fused-ring (bicyclic) bond motifs is 1. The van der Waals surface area contributed by atoms with Gasteiger partial charge < -0.3 is 10.8 Å². The fraction of sp³-hybridized carbons (Fsp3) is 0.909.